The molecule has 0 bridgehead atoms. The number of imidazole rings is 1. The summed E-state index contributed by atoms with van der Waals surface area (Å²) in [6, 6.07) is 18.4. The van der Waals surface area contributed by atoms with Gasteiger partial charge in [0.2, 0.25) is 0 Å². The van der Waals surface area contributed by atoms with Gasteiger partial charge in [-0.2, -0.15) is 0 Å². The summed E-state index contributed by atoms with van der Waals surface area (Å²) < 4.78 is 29.9. The Hall–Kier alpha value is -4.37. The average molecular weight is 540 g/mol. The van der Waals surface area contributed by atoms with Crippen LogP contribution in [0, 0.1) is 5.82 Å². The third-order valence-corrected chi connectivity index (χ3v) is 7.96. The van der Waals surface area contributed by atoms with Gasteiger partial charge in [0.15, 0.2) is 5.82 Å². The Balaban J connectivity index is 1.36. The molecule has 0 saturated carbocycles. The van der Waals surface area contributed by atoms with Gasteiger partial charge in [0.1, 0.15) is 29.4 Å². The molecule has 2 aliphatic rings. The molecule has 1 amide bonds. The number of benzene rings is 3. The van der Waals surface area contributed by atoms with E-state index in [1.807, 2.05) is 53.4 Å². The maximum atomic E-state index is 14.3. The summed E-state index contributed by atoms with van der Waals surface area (Å²) in [6.45, 7) is 2.90. The van der Waals surface area contributed by atoms with Crippen molar-refractivity contribution in [2.75, 3.05) is 26.8 Å². The molecule has 1 unspecified atom stereocenters. The van der Waals surface area contributed by atoms with E-state index >= 15 is 0 Å². The molecule has 2 N–H and O–H groups in total. The Bertz CT molecular complexity index is 1760. The number of carbonyl (C=O) groups is 1. The van der Waals surface area contributed by atoms with Crippen LogP contribution in [0.1, 0.15) is 28.8 Å². The van der Waals surface area contributed by atoms with Gasteiger partial charge in [-0.05, 0) is 66.9 Å². The van der Waals surface area contributed by atoms with Gasteiger partial charge in [0, 0.05) is 42.1 Å². The standard InChI is InChI=1S/C31H30FN5O3/c1-39-24-7-4-19(5-8-24)17-37-26-9-6-22(32)13-20(26)15-27(37)30-34-25-14-21(16-28-29(25)36(30)11-12-40-28)31(38)35-10-2-3-23(33)18-35/h4-9,13-16,23H,2-3,10-12,17-18,33H2,1H3. The van der Waals surface area contributed by atoms with E-state index in [4.69, 9.17) is 20.2 Å². The van der Waals surface area contributed by atoms with Crippen LogP contribution >= 0.6 is 0 Å². The number of aromatic nitrogens is 3. The number of rotatable bonds is 5. The van der Waals surface area contributed by atoms with Gasteiger partial charge in [-0.15, -0.1) is 0 Å². The van der Waals surface area contributed by atoms with Gasteiger partial charge in [0.25, 0.3) is 5.91 Å². The van der Waals surface area contributed by atoms with Gasteiger partial charge in [0.05, 0.1) is 24.9 Å². The molecule has 3 aromatic carbocycles. The number of piperidine rings is 1. The first-order chi connectivity index (χ1) is 19.5. The van der Waals surface area contributed by atoms with Crippen molar-refractivity contribution in [1.29, 1.82) is 0 Å². The van der Waals surface area contributed by atoms with Gasteiger partial charge in [-0.3, -0.25) is 4.79 Å². The van der Waals surface area contributed by atoms with Gasteiger partial charge >= 0.3 is 0 Å². The Morgan fingerprint density at radius 2 is 1.98 bits per heavy atom. The number of amides is 1. The molecule has 0 spiro atoms. The molecular weight excluding hydrogens is 509 g/mol. The summed E-state index contributed by atoms with van der Waals surface area (Å²) in [7, 11) is 1.65. The monoisotopic (exact) mass is 539 g/mol. The van der Waals surface area contributed by atoms with Crippen molar-refractivity contribution < 1.29 is 18.7 Å². The summed E-state index contributed by atoms with van der Waals surface area (Å²) in [5, 5.41) is 0.799. The number of ether oxygens (including phenoxy) is 2. The second-order valence-electron chi connectivity index (χ2n) is 10.6. The summed E-state index contributed by atoms with van der Waals surface area (Å²) >= 11 is 0. The van der Waals surface area contributed by atoms with E-state index in [1.54, 1.807) is 13.2 Å². The van der Waals surface area contributed by atoms with Crippen molar-refractivity contribution in [3.8, 4) is 23.0 Å². The molecule has 1 fully saturated rings. The smallest absolute Gasteiger partial charge is 0.254 e. The maximum Gasteiger partial charge on any atom is 0.254 e. The van der Waals surface area contributed by atoms with Crippen LogP contribution in [0.5, 0.6) is 11.5 Å². The number of nitrogens with two attached hydrogens (primary N) is 1. The fourth-order valence-corrected chi connectivity index (χ4v) is 6.01. The zero-order chi connectivity index (χ0) is 27.4. The van der Waals surface area contributed by atoms with E-state index in [9.17, 15) is 9.18 Å². The first-order valence-corrected chi connectivity index (χ1v) is 13.6. The van der Waals surface area contributed by atoms with E-state index in [0.717, 1.165) is 52.1 Å². The van der Waals surface area contributed by atoms with E-state index in [2.05, 4.69) is 9.13 Å². The average Bonchev–Trinajstić information content (AvgIpc) is 3.51. The molecule has 8 nitrogen and oxygen atoms in total. The highest BCUT2D eigenvalue weighted by molar-refractivity contribution is 6.00. The number of methoxy groups -OCH3 is 1. The van der Waals surface area contributed by atoms with Crippen LogP contribution < -0.4 is 15.2 Å². The second-order valence-corrected chi connectivity index (χ2v) is 10.6. The predicted molar refractivity (Wildman–Crippen MR) is 151 cm³/mol. The van der Waals surface area contributed by atoms with Crippen LogP contribution in [0.15, 0.2) is 60.7 Å². The van der Waals surface area contributed by atoms with Crippen molar-refractivity contribution in [3.05, 3.63) is 77.6 Å². The van der Waals surface area contributed by atoms with Gasteiger partial charge in [-0.1, -0.05) is 12.1 Å². The highest BCUT2D eigenvalue weighted by atomic mass is 19.1. The number of nitrogens with zero attached hydrogens (tertiary/aromatic N) is 4. The largest absolute Gasteiger partial charge is 0.497 e. The molecule has 0 aliphatic carbocycles. The first kappa shape index (κ1) is 24.7. The van der Waals surface area contributed by atoms with Crippen LogP contribution in [0.25, 0.3) is 33.5 Å². The van der Waals surface area contributed by atoms with Crippen molar-refractivity contribution in [1.82, 2.24) is 19.0 Å². The van der Waals surface area contributed by atoms with Gasteiger partial charge < -0.3 is 29.2 Å². The molecule has 40 heavy (non-hydrogen) atoms. The lowest BCUT2D eigenvalue weighted by Gasteiger charge is -2.31. The molecule has 2 aliphatic heterocycles. The number of hydrogen-bond acceptors (Lipinski definition) is 5. The van der Waals surface area contributed by atoms with E-state index in [-0.39, 0.29) is 17.8 Å². The molecular formula is C31H30FN5O3. The first-order valence-electron chi connectivity index (χ1n) is 13.6. The lowest BCUT2D eigenvalue weighted by Crippen LogP contribution is -2.45. The Morgan fingerprint density at radius 3 is 2.77 bits per heavy atom. The Labute approximate surface area is 230 Å². The topological polar surface area (TPSA) is 87.5 Å². The van der Waals surface area contributed by atoms with Gasteiger partial charge in [-0.25, -0.2) is 9.37 Å². The zero-order valence-corrected chi connectivity index (χ0v) is 22.3. The third-order valence-electron chi connectivity index (χ3n) is 7.96. The zero-order valence-electron chi connectivity index (χ0n) is 22.3. The molecule has 1 saturated heterocycles. The number of halogens is 1. The molecule has 204 valence electrons. The lowest BCUT2D eigenvalue weighted by atomic mass is 10.0. The Kier molecular flexibility index (Phi) is 5.96. The molecule has 7 rings (SSSR count). The van der Waals surface area contributed by atoms with E-state index < -0.39 is 0 Å². The SMILES string of the molecule is COc1ccc(Cn2c(-c3nc4cc(C(=O)N5CCCC(N)C5)cc5c4n3CCO5)cc3cc(F)ccc32)cc1. The molecule has 4 heterocycles. The quantitative estimate of drug-likeness (QED) is 0.346. The van der Waals surface area contributed by atoms with Crippen LogP contribution in [0.3, 0.4) is 0 Å². The van der Waals surface area contributed by atoms with Crippen molar-refractivity contribution in [2.24, 2.45) is 5.73 Å². The van der Waals surface area contributed by atoms with Crippen molar-refractivity contribution in [2.45, 2.75) is 32.0 Å². The van der Waals surface area contributed by atoms with E-state index in [1.165, 1.54) is 6.07 Å². The molecule has 5 aromatic rings. The second kappa shape index (κ2) is 9.67. The van der Waals surface area contributed by atoms with E-state index in [0.29, 0.717) is 49.6 Å². The molecule has 2 aromatic heterocycles. The summed E-state index contributed by atoms with van der Waals surface area (Å²) in [5.74, 6) is 1.86. The molecule has 9 heteroatoms. The van der Waals surface area contributed by atoms with Crippen LogP contribution in [-0.2, 0) is 13.1 Å². The Morgan fingerprint density at radius 1 is 1.12 bits per heavy atom. The number of hydrogen-bond donors (Lipinski definition) is 1. The normalized spacial score (nSPS) is 16.9. The predicted octanol–water partition coefficient (Wildman–Crippen LogP) is 4.81. The lowest BCUT2D eigenvalue weighted by molar-refractivity contribution is 0.0708. The maximum absolute atomic E-state index is 14.3. The fourth-order valence-electron chi connectivity index (χ4n) is 6.01. The molecule has 0 radical (unpaired) electrons. The summed E-state index contributed by atoms with van der Waals surface area (Å²) in [5.41, 5.74) is 11.1. The third kappa shape index (κ3) is 4.17. The highest BCUT2D eigenvalue weighted by Crippen LogP contribution is 2.37. The van der Waals surface area contributed by atoms with Crippen LogP contribution in [-0.4, -0.2) is 57.8 Å². The number of carbonyl (C=O) groups excluding carboxylic acids is 1. The minimum atomic E-state index is -0.286. The minimum Gasteiger partial charge on any atom is -0.497 e. The van der Waals surface area contributed by atoms with Crippen molar-refractivity contribution >= 4 is 27.8 Å². The fraction of sp³-hybridized carbons (Fsp3) is 0.290. The minimum absolute atomic E-state index is 0.000645. The summed E-state index contributed by atoms with van der Waals surface area (Å²) in [6.07, 6.45) is 1.83. The number of fused-ring (bicyclic) bond motifs is 1. The van der Waals surface area contributed by atoms with Crippen LogP contribution in [0.4, 0.5) is 4.39 Å². The summed E-state index contributed by atoms with van der Waals surface area (Å²) in [4.78, 5) is 20.3. The van der Waals surface area contributed by atoms with Crippen LogP contribution in [0.2, 0.25) is 0 Å². The number of likely N-dealkylation sites (tertiary alicyclic amines) is 1. The van der Waals surface area contributed by atoms with Crippen molar-refractivity contribution in [3.63, 3.8) is 0 Å². The molecule has 1 atom stereocenters. The highest BCUT2D eigenvalue weighted by Gasteiger charge is 2.28.